The Balaban J connectivity index is 2.17. The predicted molar refractivity (Wildman–Crippen MR) is 112 cm³/mol. The molecule has 0 unspecified atom stereocenters. The summed E-state index contributed by atoms with van der Waals surface area (Å²) in [6.45, 7) is 1.70. The van der Waals surface area contributed by atoms with Gasteiger partial charge in [-0.15, -0.1) is 0 Å². The SMILES string of the molecule is CCN(C(=O)c1c(O)c2c(CS)cccc2n(C)c1=O)c1ccc(C(F)(F)F)cc1. The molecular formula is C21H19F3N2O3S. The van der Waals surface area contributed by atoms with Gasteiger partial charge in [0.15, 0.2) is 0 Å². The molecule has 1 aromatic heterocycles. The van der Waals surface area contributed by atoms with E-state index in [0.29, 0.717) is 16.5 Å². The largest absolute Gasteiger partial charge is 0.506 e. The third-order valence-electron chi connectivity index (χ3n) is 4.93. The predicted octanol–water partition coefficient (Wildman–Crippen LogP) is 4.36. The van der Waals surface area contributed by atoms with Gasteiger partial charge in [0.1, 0.15) is 11.3 Å². The van der Waals surface area contributed by atoms with Gasteiger partial charge in [0, 0.05) is 30.4 Å². The van der Waals surface area contributed by atoms with Gasteiger partial charge < -0.3 is 14.6 Å². The zero-order valence-corrected chi connectivity index (χ0v) is 17.1. The van der Waals surface area contributed by atoms with Gasteiger partial charge in [-0.25, -0.2) is 0 Å². The number of nitrogens with zero attached hydrogens (tertiary/aromatic N) is 2. The number of anilines is 1. The second-order valence-electron chi connectivity index (χ2n) is 6.65. The molecule has 1 heterocycles. The van der Waals surface area contributed by atoms with Crippen LogP contribution in [-0.2, 0) is 19.0 Å². The average molecular weight is 436 g/mol. The second kappa shape index (κ2) is 8.06. The van der Waals surface area contributed by atoms with Crippen molar-refractivity contribution in [1.82, 2.24) is 4.57 Å². The monoisotopic (exact) mass is 436 g/mol. The van der Waals surface area contributed by atoms with Crippen molar-refractivity contribution < 1.29 is 23.1 Å². The molecule has 5 nitrogen and oxygen atoms in total. The Kier molecular flexibility index (Phi) is 5.85. The van der Waals surface area contributed by atoms with Crippen molar-refractivity contribution in [3.8, 4) is 5.75 Å². The fourth-order valence-corrected chi connectivity index (χ4v) is 3.64. The molecule has 1 amide bonds. The van der Waals surface area contributed by atoms with E-state index in [0.717, 1.165) is 29.2 Å². The maximum atomic E-state index is 13.2. The van der Waals surface area contributed by atoms with Crippen LogP contribution >= 0.6 is 12.6 Å². The van der Waals surface area contributed by atoms with Gasteiger partial charge in [0.2, 0.25) is 0 Å². The van der Waals surface area contributed by atoms with E-state index in [1.807, 2.05) is 0 Å². The topological polar surface area (TPSA) is 62.5 Å². The maximum absolute atomic E-state index is 13.2. The summed E-state index contributed by atoms with van der Waals surface area (Å²) in [6.07, 6.45) is -4.50. The molecule has 0 atom stereocenters. The first-order chi connectivity index (χ1) is 14.1. The van der Waals surface area contributed by atoms with Crippen molar-refractivity contribution in [3.05, 3.63) is 69.5 Å². The minimum atomic E-state index is -4.50. The Morgan fingerprint density at radius 1 is 1.17 bits per heavy atom. The van der Waals surface area contributed by atoms with Crippen LogP contribution in [0.15, 0.2) is 47.3 Å². The first kappa shape index (κ1) is 21.8. The Labute approximate surface area is 175 Å². The number of fused-ring (bicyclic) bond motifs is 1. The molecular weight excluding hydrogens is 417 g/mol. The van der Waals surface area contributed by atoms with E-state index < -0.39 is 34.5 Å². The number of amides is 1. The number of hydrogen-bond acceptors (Lipinski definition) is 4. The number of pyridine rings is 1. The Morgan fingerprint density at radius 2 is 1.80 bits per heavy atom. The second-order valence-corrected chi connectivity index (χ2v) is 6.97. The lowest BCUT2D eigenvalue weighted by Crippen LogP contribution is -2.36. The number of aryl methyl sites for hydroxylation is 1. The summed E-state index contributed by atoms with van der Waals surface area (Å²) in [4.78, 5) is 27.2. The number of carbonyl (C=O) groups excluding carboxylic acids is 1. The average Bonchev–Trinajstić information content (AvgIpc) is 2.72. The third-order valence-corrected chi connectivity index (χ3v) is 5.27. The Hall–Kier alpha value is -2.94. The number of halogens is 3. The highest BCUT2D eigenvalue weighted by molar-refractivity contribution is 7.79. The van der Waals surface area contributed by atoms with Crippen molar-refractivity contribution in [2.45, 2.75) is 18.9 Å². The van der Waals surface area contributed by atoms with Gasteiger partial charge in [-0.2, -0.15) is 25.8 Å². The quantitative estimate of drug-likeness (QED) is 0.598. The van der Waals surface area contributed by atoms with E-state index in [9.17, 15) is 27.9 Å². The smallest absolute Gasteiger partial charge is 0.416 e. The number of aromatic nitrogens is 1. The van der Waals surface area contributed by atoms with Gasteiger partial charge in [-0.1, -0.05) is 12.1 Å². The summed E-state index contributed by atoms with van der Waals surface area (Å²) in [5.74, 6) is -0.994. The summed E-state index contributed by atoms with van der Waals surface area (Å²) >= 11 is 4.24. The summed E-state index contributed by atoms with van der Waals surface area (Å²) in [7, 11) is 1.48. The number of thiol groups is 1. The van der Waals surface area contributed by atoms with Crippen LogP contribution in [0.4, 0.5) is 18.9 Å². The molecule has 0 spiro atoms. The molecule has 1 N–H and O–H groups in total. The molecule has 158 valence electrons. The first-order valence-corrected chi connectivity index (χ1v) is 9.68. The molecule has 3 rings (SSSR count). The van der Waals surface area contributed by atoms with Crippen molar-refractivity contribution in [1.29, 1.82) is 0 Å². The van der Waals surface area contributed by atoms with Crippen molar-refractivity contribution in [3.63, 3.8) is 0 Å². The highest BCUT2D eigenvalue weighted by Crippen LogP contribution is 2.33. The van der Waals surface area contributed by atoms with Crippen LogP contribution in [-0.4, -0.2) is 22.1 Å². The zero-order chi connectivity index (χ0) is 22.2. The van der Waals surface area contributed by atoms with Crippen LogP contribution in [0.25, 0.3) is 10.9 Å². The summed E-state index contributed by atoms with van der Waals surface area (Å²) < 4.78 is 39.8. The molecule has 0 aliphatic heterocycles. The molecule has 0 fully saturated rings. The van der Waals surface area contributed by atoms with Gasteiger partial charge in [0.05, 0.1) is 11.1 Å². The van der Waals surface area contributed by atoms with Crippen LogP contribution in [0.1, 0.15) is 28.4 Å². The standard InChI is InChI=1S/C21H19F3N2O3S/c1-3-26(14-9-7-13(8-10-14)21(22,23)24)20(29)17-18(27)16-12(11-30)5-4-6-15(16)25(2)19(17)28/h4-10,27,30H,3,11H2,1-2H3. The molecule has 0 saturated heterocycles. The zero-order valence-electron chi connectivity index (χ0n) is 16.2. The Morgan fingerprint density at radius 3 is 2.33 bits per heavy atom. The summed E-state index contributed by atoms with van der Waals surface area (Å²) in [5.41, 5.74) is -0.737. The van der Waals surface area contributed by atoms with Crippen molar-refractivity contribution >= 4 is 35.1 Å². The maximum Gasteiger partial charge on any atom is 0.416 e. The highest BCUT2D eigenvalue weighted by Gasteiger charge is 2.31. The lowest BCUT2D eigenvalue weighted by atomic mass is 10.0. The molecule has 0 aliphatic carbocycles. The van der Waals surface area contributed by atoms with E-state index in [4.69, 9.17) is 0 Å². The van der Waals surface area contributed by atoms with E-state index >= 15 is 0 Å². The minimum Gasteiger partial charge on any atom is -0.506 e. The van der Waals surface area contributed by atoms with Crippen LogP contribution in [0, 0.1) is 0 Å². The molecule has 0 radical (unpaired) electrons. The van der Waals surface area contributed by atoms with Crippen LogP contribution in [0.2, 0.25) is 0 Å². The fourth-order valence-electron chi connectivity index (χ4n) is 3.38. The third kappa shape index (κ3) is 3.65. The molecule has 30 heavy (non-hydrogen) atoms. The highest BCUT2D eigenvalue weighted by atomic mass is 32.1. The lowest BCUT2D eigenvalue weighted by molar-refractivity contribution is -0.137. The molecule has 0 aliphatic rings. The van der Waals surface area contributed by atoms with Gasteiger partial charge >= 0.3 is 6.18 Å². The van der Waals surface area contributed by atoms with E-state index in [-0.39, 0.29) is 18.0 Å². The summed E-state index contributed by atoms with van der Waals surface area (Å²) in [6, 6.07) is 9.13. The Bertz CT molecular complexity index is 1170. The van der Waals surface area contributed by atoms with E-state index in [2.05, 4.69) is 12.6 Å². The number of alkyl halides is 3. The number of rotatable bonds is 4. The van der Waals surface area contributed by atoms with E-state index in [1.54, 1.807) is 25.1 Å². The number of hydrogen-bond donors (Lipinski definition) is 2. The fraction of sp³-hybridized carbons (Fsp3) is 0.238. The van der Waals surface area contributed by atoms with Crippen LogP contribution in [0.3, 0.4) is 0 Å². The molecule has 9 heteroatoms. The van der Waals surface area contributed by atoms with Crippen LogP contribution in [0.5, 0.6) is 5.75 Å². The van der Waals surface area contributed by atoms with Gasteiger partial charge in [-0.3, -0.25) is 9.59 Å². The molecule has 3 aromatic rings. The normalized spacial score (nSPS) is 11.7. The molecule has 0 saturated carbocycles. The number of aromatic hydroxyl groups is 1. The van der Waals surface area contributed by atoms with Crippen molar-refractivity contribution in [2.75, 3.05) is 11.4 Å². The van der Waals surface area contributed by atoms with Crippen LogP contribution < -0.4 is 10.5 Å². The summed E-state index contributed by atoms with van der Waals surface area (Å²) in [5, 5.41) is 11.2. The number of carbonyl (C=O) groups is 1. The first-order valence-electron chi connectivity index (χ1n) is 9.05. The molecule has 2 aromatic carbocycles. The minimum absolute atomic E-state index is 0.0824. The lowest BCUT2D eigenvalue weighted by Gasteiger charge is -2.23. The van der Waals surface area contributed by atoms with E-state index in [1.165, 1.54) is 11.6 Å². The van der Waals surface area contributed by atoms with Crippen molar-refractivity contribution in [2.24, 2.45) is 7.05 Å². The van der Waals surface area contributed by atoms with Gasteiger partial charge in [0.25, 0.3) is 11.5 Å². The number of benzene rings is 2. The van der Waals surface area contributed by atoms with Gasteiger partial charge in [-0.05, 0) is 42.8 Å². The molecule has 0 bridgehead atoms.